The summed E-state index contributed by atoms with van der Waals surface area (Å²) < 4.78 is 11.9. The van der Waals surface area contributed by atoms with Crippen LogP contribution in [-0.2, 0) is 9.47 Å². The minimum Gasteiger partial charge on any atom is -0.386 e. The zero-order valence-corrected chi connectivity index (χ0v) is 17.2. The summed E-state index contributed by atoms with van der Waals surface area (Å²) in [6.07, 6.45) is 5.77. The Kier molecular flexibility index (Phi) is 7.87. The molecule has 158 valence electrons. The molecule has 6 unspecified atom stereocenters. The number of ether oxygens (including phenoxy) is 2. The fourth-order valence-corrected chi connectivity index (χ4v) is 4.34. The van der Waals surface area contributed by atoms with Crippen molar-refractivity contribution in [3.63, 3.8) is 0 Å². The van der Waals surface area contributed by atoms with E-state index in [1.54, 1.807) is 7.11 Å². The van der Waals surface area contributed by atoms with Gasteiger partial charge < -0.3 is 24.8 Å². The number of rotatable bonds is 9. The zero-order valence-electron chi connectivity index (χ0n) is 17.2. The van der Waals surface area contributed by atoms with E-state index in [4.69, 9.17) is 9.47 Å². The summed E-state index contributed by atoms with van der Waals surface area (Å²) in [4.78, 5) is 2.28. The van der Waals surface area contributed by atoms with E-state index in [2.05, 4.69) is 26.2 Å². The lowest BCUT2D eigenvalue weighted by Crippen LogP contribution is -2.66. The molecule has 2 heterocycles. The number of nitrogens with one attached hydrogen (secondary N) is 4. The Hall–Kier alpha value is -0.320. The first-order valence-corrected chi connectivity index (χ1v) is 10.5. The number of nitrogens with zero attached hydrogens (tertiary/aromatic N) is 1. The molecule has 0 aromatic heterocycles. The lowest BCUT2D eigenvalue weighted by Gasteiger charge is -2.41. The smallest absolute Gasteiger partial charge is 0.113 e. The van der Waals surface area contributed by atoms with Crippen molar-refractivity contribution < 1.29 is 14.6 Å². The number of β-amino-alcohol motifs (C(OH)–C–C–N with tert-alkyl or cyclic N) is 1. The molecule has 1 saturated carbocycles. The minimum absolute atomic E-state index is 0.00723. The quantitative estimate of drug-likeness (QED) is 0.359. The van der Waals surface area contributed by atoms with Gasteiger partial charge in [-0.05, 0) is 59.2 Å². The molecule has 0 aromatic rings. The van der Waals surface area contributed by atoms with Crippen LogP contribution in [0.5, 0.6) is 0 Å². The summed E-state index contributed by atoms with van der Waals surface area (Å²) >= 11 is 0. The maximum atomic E-state index is 10.7. The monoisotopic (exact) mass is 385 g/mol. The molecule has 3 fully saturated rings. The highest BCUT2D eigenvalue weighted by atomic mass is 16.5. The first-order valence-electron chi connectivity index (χ1n) is 10.5. The second-order valence-corrected chi connectivity index (χ2v) is 8.61. The second-order valence-electron chi connectivity index (χ2n) is 8.61. The lowest BCUT2D eigenvalue weighted by atomic mass is 9.90. The Balaban J connectivity index is 1.47. The summed E-state index contributed by atoms with van der Waals surface area (Å²) in [5.74, 6) is 0. The summed E-state index contributed by atoms with van der Waals surface area (Å²) in [7, 11) is 3.74. The van der Waals surface area contributed by atoms with Crippen LogP contribution in [0.2, 0.25) is 0 Å². The third-order valence-corrected chi connectivity index (χ3v) is 6.06. The summed E-state index contributed by atoms with van der Waals surface area (Å²) in [6.45, 7) is 6.06. The molecule has 8 nitrogen and oxygen atoms in total. The highest BCUT2D eigenvalue weighted by molar-refractivity contribution is 4.89. The first kappa shape index (κ1) is 21.4. The van der Waals surface area contributed by atoms with Gasteiger partial charge in [0.15, 0.2) is 0 Å². The van der Waals surface area contributed by atoms with Crippen molar-refractivity contribution >= 4 is 0 Å². The molecule has 0 amide bonds. The molecule has 3 aliphatic rings. The number of hydrogen-bond acceptors (Lipinski definition) is 8. The summed E-state index contributed by atoms with van der Waals surface area (Å²) in [5.41, 5.74) is -0.814. The van der Waals surface area contributed by atoms with Crippen LogP contribution in [0.25, 0.3) is 0 Å². The molecule has 0 radical (unpaired) electrons. The van der Waals surface area contributed by atoms with Crippen LogP contribution in [0.1, 0.15) is 39.0 Å². The largest absolute Gasteiger partial charge is 0.386 e. The number of methoxy groups -OCH3 is 1. The second kappa shape index (κ2) is 9.93. The molecule has 3 rings (SSSR count). The molecule has 6 atom stereocenters. The average molecular weight is 386 g/mol. The van der Waals surface area contributed by atoms with E-state index in [-0.39, 0.29) is 18.5 Å². The fraction of sp³-hybridized carbons (Fsp3) is 1.00. The van der Waals surface area contributed by atoms with Crippen molar-refractivity contribution in [2.45, 2.75) is 75.3 Å². The van der Waals surface area contributed by atoms with Crippen LogP contribution in [0.4, 0.5) is 0 Å². The van der Waals surface area contributed by atoms with Crippen molar-refractivity contribution in [3.05, 3.63) is 0 Å². The molecule has 1 aliphatic carbocycles. The first-order chi connectivity index (χ1) is 13.0. The van der Waals surface area contributed by atoms with Gasteiger partial charge in [0, 0.05) is 26.2 Å². The Morgan fingerprint density at radius 3 is 2.70 bits per heavy atom. The fourth-order valence-electron chi connectivity index (χ4n) is 4.34. The van der Waals surface area contributed by atoms with E-state index < -0.39 is 5.60 Å². The molecule has 0 aromatic carbocycles. The van der Waals surface area contributed by atoms with Crippen LogP contribution in [0.3, 0.4) is 0 Å². The predicted molar refractivity (Wildman–Crippen MR) is 105 cm³/mol. The van der Waals surface area contributed by atoms with E-state index in [1.807, 2.05) is 14.0 Å². The number of likely N-dealkylation sites (tertiary alicyclic amines) is 1. The highest BCUT2D eigenvalue weighted by Gasteiger charge is 2.35. The SMILES string of the molecule is CNC1CCNC(NC2CCC(OC)C(OCC(C)(O)CN3CCC3)C2)N1. The Morgan fingerprint density at radius 1 is 1.22 bits per heavy atom. The minimum atomic E-state index is -0.814. The van der Waals surface area contributed by atoms with Crippen molar-refractivity contribution in [1.29, 1.82) is 0 Å². The van der Waals surface area contributed by atoms with Gasteiger partial charge >= 0.3 is 0 Å². The maximum Gasteiger partial charge on any atom is 0.113 e. The van der Waals surface area contributed by atoms with Crippen LogP contribution < -0.4 is 21.3 Å². The van der Waals surface area contributed by atoms with Gasteiger partial charge in [0.1, 0.15) is 6.29 Å². The van der Waals surface area contributed by atoms with Gasteiger partial charge in [-0.25, -0.2) is 0 Å². The molecule has 2 aliphatic heterocycles. The Bertz CT molecular complexity index is 449. The van der Waals surface area contributed by atoms with Gasteiger partial charge in [0.2, 0.25) is 0 Å². The van der Waals surface area contributed by atoms with E-state index in [1.165, 1.54) is 6.42 Å². The van der Waals surface area contributed by atoms with Crippen molar-refractivity contribution in [2.24, 2.45) is 0 Å². The standard InChI is InChI=1S/C19H39N5O3/c1-19(25,12-24-9-4-10-24)13-27-16-11-14(5-6-15(16)26-3)22-18-21-8-7-17(20-2)23-18/h14-18,20-23,25H,4-13H2,1-3H3. The zero-order chi connectivity index (χ0) is 19.3. The van der Waals surface area contributed by atoms with E-state index in [0.717, 1.165) is 45.3 Å². The van der Waals surface area contributed by atoms with E-state index in [0.29, 0.717) is 25.4 Å². The van der Waals surface area contributed by atoms with E-state index in [9.17, 15) is 5.11 Å². The van der Waals surface area contributed by atoms with Crippen LogP contribution in [0, 0.1) is 0 Å². The highest BCUT2D eigenvalue weighted by Crippen LogP contribution is 2.26. The maximum absolute atomic E-state index is 10.7. The van der Waals surface area contributed by atoms with Crippen molar-refractivity contribution in [2.75, 3.05) is 46.9 Å². The van der Waals surface area contributed by atoms with Gasteiger partial charge in [0.05, 0.1) is 30.6 Å². The molecular formula is C19H39N5O3. The van der Waals surface area contributed by atoms with Gasteiger partial charge in [-0.2, -0.15) is 0 Å². The molecule has 2 saturated heterocycles. The van der Waals surface area contributed by atoms with Gasteiger partial charge in [0.25, 0.3) is 0 Å². The Labute approximate surface area is 163 Å². The third kappa shape index (κ3) is 6.33. The molecule has 0 spiro atoms. The summed E-state index contributed by atoms with van der Waals surface area (Å²) in [6, 6.07) is 0.363. The Morgan fingerprint density at radius 2 is 2.04 bits per heavy atom. The summed E-state index contributed by atoms with van der Waals surface area (Å²) in [5, 5.41) is 24.7. The molecule has 0 bridgehead atoms. The topological polar surface area (TPSA) is 90.0 Å². The number of hydrogen-bond donors (Lipinski definition) is 5. The van der Waals surface area contributed by atoms with Crippen molar-refractivity contribution in [1.82, 2.24) is 26.2 Å². The molecule has 5 N–H and O–H groups in total. The van der Waals surface area contributed by atoms with Gasteiger partial charge in [-0.3, -0.25) is 16.0 Å². The van der Waals surface area contributed by atoms with Crippen molar-refractivity contribution in [3.8, 4) is 0 Å². The van der Waals surface area contributed by atoms with Crippen LogP contribution in [0.15, 0.2) is 0 Å². The number of aliphatic hydroxyl groups is 1. The third-order valence-electron chi connectivity index (χ3n) is 6.06. The van der Waals surface area contributed by atoms with Gasteiger partial charge in [-0.1, -0.05) is 0 Å². The molecule has 8 heteroatoms. The lowest BCUT2D eigenvalue weighted by molar-refractivity contribution is -0.131. The van der Waals surface area contributed by atoms with E-state index >= 15 is 0 Å². The molecular weight excluding hydrogens is 346 g/mol. The predicted octanol–water partition coefficient (Wildman–Crippen LogP) is -0.603. The average Bonchev–Trinajstić information content (AvgIpc) is 2.64. The van der Waals surface area contributed by atoms with Crippen LogP contribution >= 0.6 is 0 Å². The van der Waals surface area contributed by atoms with Crippen LogP contribution in [-0.4, -0.2) is 93.3 Å². The normalized spacial score (nSPS) is 37.6. The molecule has 27 heavy (non-hydrogen) atoms. The van der Waals surface area contributed by atoms with Gasteiger partial charge in [-0.15, -0.1) is 0 Å².